The minimum atomic E-state index is -3.87. The second kappa shape index (κ2) is 11.4. The average Bonchev–Trinajstić information content (AvgIpc) is 2.88. The van der Waals surface area contributed by atoms with Gasteiger partial charge in [0.15, 0.2) is 0 Å². The molecule has 3 aromatic carbocycles. The molecule has 1 heterocycles. The predicted molar refractivity (Wildman–Crippen MR) is 135 cm³/mol. The van der Waals surface area contributed by atoms with Gasteiger partial charge in [-0.05, 0) is 54.7 Å². The molecule has 3 aromatic rings. The Hall–Kier alpha value is -3.36. The fourth-order valence-electron chi connectivity index (χ4n) is 4.08. The average molecular weight is 495 g/mol. The van der Waals surface area contributed by atoms with Gasteiger partial charge in [0, 0.05) is 12.2 Å². The van der Waals surface area contributed by atoms with Gasteiger partial charge in [-0.15, -0.1) is 0 Å². The molecule has 0 amide bonds. The Morgan fingerprint density at radius 2 is 1.74 bits per heavy atom. The van der Waals surface area contributed by atoms with Crippen molar-refractivity contribution < 1.29 is 22.7 Å². The number of benzene rings is 3. The highest BCUT2D eigenvalue weighted by atomic mass is 32.2. The predicted octanol–water partition coefficient (Wildman–Crippen LogP) is 4.34. The van der Waals surface area contributed by atoms with Crippen LogP contribution in [0.2, 0.25) is 0 Å². The summed E-state index contributed by atoms with van der Waals surface area (Å²) in [5.41, 5.74) is 3.64. The van der Waals surface area contributed by atoms with Crippen molar-refractivity contribution in [1.82, 2.24) is 4.31 Å². The summed E-state index contributed by atoms with van der Waals surface area (Å²) in [6.07, 6.45) is 1.06. The molecular weight excluding hydrogens is 464 g/mol. The Balaban J connectivity index is 1.52. The Labute approximate surface area is 206 Å². The number of esters is 1. The van der Waals surface area contributed by atoms with E-state index in [-0.39, 0.29) is 19.7 Å². The summed E-state index contributed by atoms with van der Waals surface area (Å²) >= 11 is 0. The van der Waals surface area contributed by atoms with Crippen LogP contribution in [0.4, 0.5) is 5.69 Å². The summed E-state index contributed by atoms with van der Waals surface area (Å²) in [6.45, 7) is 1.96. The van der Waals surface area contributed by atoms with Crippen molar-refractivity contribution in [3.05, 3.63) is 95.6 Å². The van der Waals surface area contributed by atoms with E-state index in [0.29, 0.717) is 25.2 Å². The lowest BCUT2D eigenvalue weighted by Crippen LogP contribution is -2.46. The lowest BCUT2D eigenvalue weighted by atomic mass is 10.0. The van der Waals surface area contributed by atoms with Gasteiger partial charge in [-0.25, -0.2) is 8.42 Å². The summed E-state index contributed by atoms with van der Waals surface area (Å²) in [5, 5.41) is 2.32. The molecule has 184 valence electrons. The summed E-state index contributed by atoms with van der Waals surface area (Å²) in [6, 6.07) is 24.8. The Bertz CT molecular complexity index is 1250. The van der Waals surface area contributed by atoms with E-state index in [9.17, 15) is 13.2 Å². The number of aryl methyl sites for hydroxylation is 1. The molecule has 0 radical (unpaired) electrons. The number of para-hydroxylation sites is 1. The van der Waals surface area contributed by atoms with E-state index in [0.717, 1.165) is 22.4 Å². The zero-order valence-electron chi connectivity index (χ0n) is 19.7. The van der Waals surface area contributed by atoms with Crippen molar-refractivity contribution in [3.63, 3.8) is 0 Å². The van der Waals surface area contributed by atoms with E-state index >= 15 is 0 Å². The van der Waals surface area contributed by atoms with Crippen LogP contribution in [0.5, 0.6) is 5.75 Å². The van der Waals surface area contributed by atoms with Gasteiger partial charge in [0.1, 0.15) is 24.3 Å². The molecule has 35 heavy (non-hydrogen) atoms. The number of anilines is 1. The molecule has 0 aromatic heterocycles. The topological polar surface area (TPSA) is 84.9 Å². The van der Waals surface area contributed by atoms with E-state index in [1.165, 1.54) is 4.31 Å². The third-order valence-corrected chi connectivity index (χ3v) is 7.90. The molecule has 1 N–H and O–H groups in total. The van der Waals surface area contributed by atoms with E-state index < -0.39 is 21.4 Å². The molecular formula is C27H30N2O5S. The molecule has 8 heteroatoms. The minimum Gasteiger partial charge on any atom is -0.489 e. The lowest BCUT2D eigenvalue weighted by molar-refractivity contribution is -0.143. The van der Waals surface area contributed by atoms with Gasteiger partial charge in [0.25, 0.3) is 0 Å². The van der Waals surface area contributed by atoms with Crippen molar-refractivity contribution in [1.29, 1.82) is 0 Å². The van der Waals surface area contributed by atoms with Gasteiger partial charge in [-0.3, -0.25) is 4.79 Å². The first-order chi connectivity index (χ1) is 17.0. The van der Waals surface area contributed by atoms with Crippen LogP contribution < -0.4 is 10.1 Å². The summed E-state index contributed by atoms with van der Waals surface area (Å²) in [4.78, 5) is 12.3. The second-order valence-electron chi connectivity index (χ2n) is 8.37. The van der Waals surface area contributed by atoms with E-state index in [1.54, 1.807) is 13.0 Å². The highest BCUT2D eigenvalue weighted by molar-refractivity contribution is 7.89. The first kappa shape index (κ1) is 24.8. The quantitative estimate of drug-likeness (QED) is 0.422. The van der Waals surface area contributed by atoms with Gasteiger partial charge in [0.2, 0.25) is 10.0 Å². The molecule has 0 bridgehead atoms. The molecule has 0 spiro atoms. The van der Waals surface area contributed by atoms with Gasteiger partial charge >= 0.3 is 5.97 Å². The molecule has 1 unspecified atom stereocenters. The number of ether oxygens (including phenoxy) is 2. The number of carbonyl (C=O) groups is 1. The summed E-state index contributed by atoms with van der Waals surface area (Å²) in [7, 11) is -3.87. The normalized spacial score (nSPS) is 15.2. The third kappa shape index (κ3) is 6.41. The van der Waals surface area contributed by atoms with Crippen molar-refractivity contribution >= 4 is 21.7 Å². The van der Waals surface area contributed by atoms with E-state index in [2.05, 4.69) is 5.32 Å². The zero-order chi connectivity index (χ0) is 24.7. The molecule has 1 aliphatic rings. The van der Waals surface area contributed by atoms with Crippen LogP contribution in [0.3, 0.4) is 0 Å². The number of hydrogen-bond donors (Lipinski definition) is 1. The van der Waals surface area contributed by atoms with Crippen LogP contribution >= 0.6 is 0 Å². The highest BCUT2D eigenvalue weighted by Crippen LogP contribution is 2.29. The first-order valence-electron chi connectivity index (χ1n) is 11.7. The second-order valence-corrected chi connectivity index (χ2v) is 10.5. The zero-order valence-corrected chi connectivity index (χ0v) is 20.5. The van der Waals surface area contributed by atoms with Gasteiger partial charge in [-0.1, -0.05) is 60.7 Å². The first-order valence-corrected chi connectivity index (χ1v) is 13.2. The number of carbonyl (C=O) groups excluding carboxylic acids is 1. The molecule has 1 aliphatic heterocycles. The number of fused-ring (bicyclic) bond motifs is 1. The van der Waals surface area contributed by atoms with Crippen LogP contribution in [0.25, 0.3) is 0 Å². The van der Waals surface area contributed by atoms with Crippen molar-refractivity contribution in [2.45, 2.75) is 38.3 Å². The fourth-order valence-corrected chi connectivity index (χ4v) is 5.75. The highest BCUT2D eigenvalue weighted by Gasteiger charge is 2.35. The largest absolute Gasteiger partial charge is 0.489 e. The van der Waals surface area contributed by atoms with Gasteiger partial charge in [-0.2, -0.15) is 4.31 Å². The fraction of sp³-hybridized carbons (Fsp3) is 0.296. The molecule has 7 nitrogen and oxygen atoms in total. The Morgan fingerprint density at radius 1 is 1.00 bits per heavy atom. The molecule has 0 saturated carbocycles. The maximum Gasteiger partial charge on any atom is 0.321 e. The summed E-state index contributed by atoms with van der Waals surface area (Å²) in [5.74, 6) is 0.0494. The van der Waals surface area contributed by atoms with E-state index in [4.69, 9.17) is 9.47 Å². The SMILES string of the molecule is CCOC(=O)CN(Cc1cccc(OCc2ccccc2)c1)S(=O)(=O)C1CCc2ccccc2N1. The number of rotatable bonds is 10. The van der Waals surface area contributed by atoms with Gasteiger partial charge < -0.3 is 14.8 Å². The Kier molecular flexibility index (Phi) is 8.05. The lowest BCUT2D eigenvalue weighted by Gasteiger charge is -2.31. The van der Waals surface area contributed by atoms with Crippen LogP contribution in [0.1, 0.15) is 30.0 Å². The smallest absolute Gasteiger partial charge is 0.321 e. The maximum absolute atomic E-state index is 13.7. The van der Waals surface area contributed by atoms with Crippen LogP contribution in [-0.4, -0.2) is 37.2 Å². The minimum absolute atomic E-state index is 0.0313. The van der Waals surface area contributed by atoms with Gasteiger partial charge in [0.05, 0.1) is 6.61 Å². The van der Waals surface area contributed by atoms with Crippen LogP contribution in [0.15, 0.2) is 78.9 Å². The standard InChI is InChI=1S/C27H30N2O5S/c1-2-33-27(30)19-29(35(31,32)26-16-15-23-12-6-7-14-25(23)28-26)18-22-11-8-13-24(17-22)34-20-21-9-4-3-5-10-21/h3-14,17,26,28H,2,15-16,18-20H2,1H3. The number of nitrogens with zero attached hydrogens (tertiary/aromatic N) is 1. The van der Waals surface area contributed by atoms with Crippen LogP contribution in [0, 0.1) is 0 Å². The number of hydrogen-bond acceptors (Lipinski definition) is 6. The molecule has 0 fully saturated rings. The third-order valence-electron chi connectivity index (χ3n) is 5.85. The van der Waals surface area contributed by atoms with Crippen molar-refractivity contribution in [3.8, 4) is 5.75 Å². The maximum atomic E-state index is 13.7. The van der Waals surface area contributed by atoms with E-state index in [1.807, 2.05) is 72.8 Å². The molecule has 1 atom stereocenters. The molecule has 0 aliphatic carbocycles. The number of nitrogens with one attached hydrogen (secondary N) is 1. The van der Waals surface area contributed by atoms with Crippen molar-refractivity contribution in [2.75, 3.05) is 18.5 Å². The molecule has 4 rings (SSSR count). The number of sulfonamides is 1. The monoisotopic (exact) mass is 494 g/mol. The molecule has 0 saturated heterocycles. The summed E-state index contributed by atoms with van der Waals surface area (Å²) < 4.78 is 39.5. The van der Waals surface area contributed by atoms with Crippen LogP contribution in [-0.2, 0) is 39.1 Å². The van der Waals surface area contributed by atoms with Crippen molar-refractivity contribution in [2.24, 2.45) is 0 Å². The Morgan fingerprint density at radius 3 is 2.54 bits per heavy atom.